The molecule has 0 atom stereocenters. The lowest BCUT2D eigenvalue weighted by molar-refractivity contribution is 0.0954. The molecule has 5 nitrogen and oxygen atoms in total. The van der Waals surface area contributed by atoms with Crippen LogP contribution in [0.3, 0.4) is 0 Å². The average molecular weight is 272 g/mol. The number of aromatic amines is 1. The Kier molecular flexibility index (Phi) is 4.40. The fourth-order valence-electron chi connectivity index (χ4n) is 1.94. The van der Waals surface area contributed by atoms with Gasteiger partial charge in [0.15, 0.2) is 0 Å². The molecule has 0 aliphatic heterocycles. The van der Waals surface area contributed by atoms with Gasteiger partial charge in [0.2, 0.25) is 0 Å². The summed E-state index contributed by atoms with van der Waals surface area (Å²) in [6.07, 6.45) is 2.55. The van der Waals surface area contributed by atoms with Crippen LogP contribution in [-0.4, -0.2) is 36.5 Å². The number of hydrogen-bond acceptors (Lipinski definition) is 3. The minimum atomic E-state index is -0.0510. The van der Waals surface area contributed by atoms with Crippen molar-refractivity contribution in [3.63, 3.8) is 0 Å². The molecule has 0 bridgehead atoms. The molecule has 1 aromatic carbocycles. The topological polar surface area (TPSA) is 61.0 Å². The van der Waals surface area contributed by atoms with Gasteiger partial charge in [0.1, 0.15) is 5.82 Å². The van der Waals surface area contributed by atoms with Gasteiger partial charge in [-0.25, -0.2) is 4.98 Å². The maximum Gasteiger partial charge on any atom is 0.251 e. The van der Waals surface area contributed by atoms with Crippen LogP contribution in [0.4, 0.5) is 5.69 Å². The summed E-state index contributed by atoms with van der Waals surface area (Å²) in [7, 11) is 3.91. The normalized spacial score (nSPS) is 10.3. The number of H-pyrrole nitrogens is 1. The van der Waals surface area contributed by atoms with Gasteiger partial charge in [0.05, 0.1) is 0 Å². The molecule has 1 amide bonds. The molecule has 2 N–H and O–H groups in total. The number of nitrogens with one attached hydrogen (secondary N) is 2. The van der Waals surface area contributed by atoms with Crippen molar-refractivity contribution >= 4 is 11.6 Å². The summed E-state index contributed by atoms with van der Waals surface area (Å²) >= 11 is 0. The van der Waals surface area contributed by atoms with Crippen molar-refractivity contribution in [2.45, 2.75) is 13.3 Å². The molecule has 106 valence electrons. The fourth-order valence-corrected chi connectivity index (χ4v) is 1.94. The van der Waals surface area contributed by atoms with Crippen molar-refractivity contribution < 1.29 is 4.79 Å². The van der Waals surface area contributed by atoms with Crippen molar-refractivity contribution in [1.82, 2.24) is 15.3 Å². The molecular weight excluding hydrogens is 252 g/mol. The van der Waals surface area contributed by atoms with Crippen LogP contribution in [0.25, 0.3) is 0 Å². The summed E-state index contributed by atoms with van der Waals surface area (Å²) in [5.41, 5.74) is 2.73. The first-order chi connectivity index (χ1) is 9.56. The first-order valence-corrected chi connectivity index (χ1v) is 6.62. The van der Waals surface area contributed by atoms with Crippen molar-refractivity contribution in [3.05, 3.63) is 47.5 Å². The number of hydrogen-bond donors (Lipinski definition) is 2. The van der Waals surface area contributed by atoms with Gasteiger partial charge in [-0.05, 0) is 25.1 Å². The number of carbonyl (C=O) groups is 1. The van der Waals surface area contributed by atoms with Crippen LogP contribution in [0.1, 0.15) is 21.9 Å². The molecule has 0 saturated heterocycles. The van der Waals surface area contributed by atoms with Crippen LogP contribution in [0.5, 0.6) is 0 Å². The Bertz CT molecular complexity index is 589. The monoisotopic (exact) mass is 272 g/mol. The summed E-state index contributed by atoms with van der Waals surface area (Å²) in [5, 5.41) is 2.92. The quantitative estimate of drug-likeness (QED) is 0.872. The van der Waals surface area contributed by atoms with E-state index in [1.54, 1.807) is 6.20 Å². The van der Waals surface area contributed by atoms with E-state index >= 15 is 0 Å². The number of anilines is 1. The van der Waals surface area contributed by atoms with Gasteiger partial charge in [-0.15, -0.1) is 0 Å². The van der Waals surface area contributed by atoms with E-state index in [2.05, 4.69) is 15.3 Å². The van der Waals surface area contributed by atoms with Crippen LogP contribution in [0.2, 0.25) is 0 Å². The molecule has 0 fully saturated rings. The highest BCUT2D eigenvalue weighted by Gasteiger charge is 2.06. The highest BCUT2D eigenvalue weighted by molar-refractivity contribution is 5.95. The van der Waals surface area contributed by atoms with E-state index in [1.165, 1.54) is 0 Å². The molecule has 0 aliphatic carbocycles. The predicted molar refractivity (Wildman–Crippen MR) is 80.1 cm³/mol. The molecular formula is C15H20N4O. The Morgan fingerprint density at radius 1 is 1.40 bits per heavy atom. The molecule has 1 heterocycles. The number of nitrogens with zero attached hydrogens (tertiary/aromatic N) is 2. The summed E-state index contributed by atoms with van der Waals surface area (Å²) in [6.45, 7) is 2.50. The van der Waals surface area contributed by atoms with Gasteiger partial charge >= 0.3 is 0 Å². The molecule has 2 rings (SSSR count). The van der Waals surface area contributed by atoms with Crippen molar-refractivity contribution in [2.75, 3.05) is 25.5 Å². The lowest BCUT2D eigenvalue weighted by atomic mass is 10.2. The zero-order valence-electron chi connectivity index (χ0n) is 12.1. The van der Waals surface area contributed by atoms with E-state index in [0.717, 1.165) is 23.6 Å². The lowest BCUT2D eigenvalue weighted by Crippen LogP contribution is -2.26. The van der Waals surface area contributed by atoms with Crippen LogP contribution >= 0.6 is 0 Å². The van der Waals surface area contributed by atoms with Gasteiger partial charge in [0, 0.05) is 50.2 Å². The number of aryl methyl sites for hydroxylation is 1. The number of aromatic nitrogens is 2. The fraction of sp³-hybridized carbons (Fsp3) is 0.333. The zero-order valence-corrected chi connectivity index (χ0v) is 12.1. The van der Waals surface area contributed by atoms with Crippen LogP contribution in [0.15, 0.2) is 30.5 Å². The SMILES string of the molecule is Cc1ncc(CCNC(=O)c2cccc(N(C)C)c2)[nH]1. The third-order valence-electron chi connectivity index (χ3n) is 3.06. The Morgan fingerprint density at radius 2 is 2.20 bits per heavy atom. The Hall–Kier alpha value is -2.30. The molecule has 0 aliphatic rings. The second-order valence-electron chi connectivity index (χ2n) is 4.94. The van der Waals surface area contributed by atoms with E-state index in [9.17, 15) is 4.79 Å². The Morgan fingerprint density at radius 3 is 2.85 bits per heavy atom. The number of imidazole rings is 1. The molecule has 2 aromatic rings. The van der Waals surface area contributed by atoms with Gasteiger partial charge in [-0.2, -0.15) is 0 Å². The number of rotatable bonds is 5. The lowest BCUT2D eigenvalue weighted by Gasteiger charge is -2.13. The maximum absolute atomic E-state index is 12.1. The second kappa shape index (κ2) is 6.23. The van der Waals surface area contributed by atoms with Crippen molar-refractivity contribution in [2.24, 2.45) is 0 Å². The van der Waals surface area contributed by atoms with E-state index in [4.69, 9.17) is 0 Å². The van der Waals surface area contributed by atoms with E-state index in [-0.39, 0.29) is 5.91 Å². The number of amides is 1. The molecule has 0 unspecified atom stereocenters. The largest absolute Gasteiger partial charge is 0.378 e. The molecule has 1 aromatic heterocycles. The highest BCUT2D eigenvalue weighted by atomic mass is 16.1. The first-order valence-electron chi connectivity index (χ1n) is 6.62. The smallest absolute Gasteiger partial charge is 0.251 e. The van der Waals surface area contributed by atoms with Crippen LogP contribution in [-0.2, 0) is 6.42 Å². The highest BCUT2D eigenvalue weighted by Crippen LogP contribution is 2.13. The standard InChI is InChI=1S/C15H20N4O/c1-11-17-10-13(18-11)7-8-16-15(20)12-5-4-6-14(9-12)19(2)3/h4-6,9-10H,7-8H2,1-3H3,(H,16,20)(H,17,18). The van der Waals surface area contributed by atoms with Gasteiger partial charge in [-0.3, -0.25) is 4.79 Å². The molecule has 20 heavy (non-hydrogen) atoms. The minimum absolute atomic E-state index is 0.0510. The van der Waals surface area contributed by atoms with Gasteiger partial charge < -0.3 is 15.2 Å². The number of carbonyl (C=O) groups excluding carboxylic acids is 1. The Labute approximate surface area is 119 Å². The minimum Gasteiger partial charge on any atom is -0.378 e. The predicted octanol–water partition coefficient (Wildman–Crippen LogP) is 1.76. The van der Waals surface area contributed by atoms with Crippen molar-refractivity contribution in [1.29, 1.82) is 0 Å². The van der Waals surface area contributed by atoms with Gasteiger partial charge in [-0.1, -0.05) is 6.07 Å². The first kappa shape index (κ1) is 14.1. The van der Waals surface area contributed by atoms with Crippen LogP contribution < -0.4 is 10.2 Å². The van der Waals surface area contributed by atoms with Crippen LogP contribution in [0, 0.1) is 6.92 Å². The molecule has 0 saturated carbocycles. The van der Waals surface area contributed by atoms with E-state index < -0.39 is 0 Å². The maximum atomic E-state index is 12.1. The zero-order chi connectivity index (χ0) is 14.5. The van der Waals surface area contributed by atoms with Crippen molar-refractivity contribution in [3.8, 4) is 0 Å². The summed E-state index contributed by atoms with van der Waals surface area (Å²) in [5.74, 6) is 0.843. The second-order valence-corrected chi connectivity index (χ2v) is 4.94. The summed E-state index contributed by atoms with van der Waals surface area (Å²) < 4.78 is 0. The molecule has 0 radical (unpaired) electrons. The third-order valence-corrected chi connectivity index (χ3v) is 3.06. The molecule has 5 heteroatoms. The summed E-state index contributed by atoms with van der Waals surface area (Å²) in [6, 6.07) is 7.57. The molecule has 0 spiro atoms. The number of benzene rings is 1. The Balaban J connectivity index is 1.90. The van der Waals surface area contributed by atoms with E-state index in [1.807, 2.05) is 50.2 Å². The van der Waals surface area contributed by atoms with E-state index in [0.29, 0.717) is 12.1 Å². The van der Waals surface area contributed by atoms with Gasteiger partial charge in [0.25, 0.3) is 5.91 Å². The third kappa shape index (κ3) is 3.60. The average Bonchev–Trinajstić information content (AvgIpc) is 2.84. The summed E-state index contributed by atoms with van der Waals surface area (Å²) in [4.78, 5) is 21.3.